The fourth-order valence-corrected chi connectivity index (χ4v) is 8.17. The van der Waals surface area contributed by atoms with Crippen molar-refractivity contribution in [1.82, 2.24) is 25.2 Å². The molecule has 0 bridgehead atoms. The Kier molecular flexibility index (Phi) is 10.4. The van der Waals surface area contributed by atoms with Gasteiger partial charge in [-0.3, -0.25) is 19.2 Å². The highest BCUT2D eigenvalue weighted by molar-refractivity contribution is 7.90. The monoisotopic (exact) mass is 624 g/mol. The van der Waals surface area contributed by atoms with E-state index in [0.29, 0.717) is 64.5 Å². The lowest BCUT2D eigenvalue weighted by Gasteiger charge is -2.41. The molecule has 242 valence electrons. The zero-order valence-corrected chi connectivity index (χ0v) is 26.4. The van der Waals surface area contributed by atoms with Gasteiger partial charge >= 0.3 is 6.03 Å². The lowest BCUT2D eigenvalue weighted by atomic mass is 9.80. The normalized spacial score (nSPS) is 25.1. The molecule has 13 nitrogen and oxygen atoms in total. The molecule has 5 amide bonds. The van der Waals surface area contributed by atoms with Crippen LogP contribution in [0.5, 0.6) is 0 Å². The van der Waals surface area contributed by atoms with Crippen molar-refractivity contribution in [2.75, 3.05) is 19.6 Å². The van der Waals surface area contributed by atoms with Crippen LogP contribution in [0.3, 0.4) is 0 Å². The number of urea groups is 1. The first-order chi connectivity index (χ1) is 20.2. The molecule has 0 aromatic heterocycles. The van der Waals surface area contributed by atoms with Gasteiger partial charge in [-0.25, -0.2) is 13.2 Å². The van der Waals surface area contributed by atoms with Crippen LogP contribution in [0.4, 0.5) is 4.79 Å². The van der Waals surface area contributed by atoms with Gasteiger partial charge in [0, 0.05) is 25.7 Å². The van der Waals surface area contributed by atoms with E-state index in [2.05, 4.69) is 16.0 Å². The van der Waals surface area contributed by atoms with Crippen molar-refractivity contribution in [2.45, 2.75) is 121 Å². The lowest BCUT2D eigenvalue weighted by molar-refractivity contribution is -0.147. The van der Waals surface area contributed by atoms with E-state index in [1.807, 2.05) is 20.8 Å². The number of rotatable bonds is 11. The molecule has 43 heavy (non-hydrogen) atoms. The standard InChI is InChI=1S/C29H48N6O7S/c1-29(2,3)24(33-28(40)31-19-10-7-14-34(17-19)43(41,42)20-12-13-20)27(39)35-15-5-4-11-22(35)26(38)32-21(23(36)25(30)37)16-18-8-6-9-18/h18-22,24H,4-17H2,1-3H3,(H2,30,37)(H,32,38)(H2,31,33,40). The van der Waals surface area contributed by atoms with E-state index in [1.165, 1.54) is 9.21 Å². The number of amides is 5. The Hall–Kier alpha value is -2.74. The van der Waals surface area contributed by atoms with Crippen molar-refractivity contribution in [1.29, 1.82) is 0 Å². The molecule has 0 aromatic rings. The van der Waals surface area contributed by atoms with Gasteiger partial charge in [-0.2, -0.15) is 4.31 Å². The Morgan fingerprint density at radius 2 is 1.58 bits per heavy atom. The zero-order valence-electron chi connectivity index (χ0n) is 25.6. The number of hydrogen-bond acceptors (Lipinski definition) is 7. The number of nitrogens with zero attached hydrogens (tertiary/aromatic N) is 2. The Bertz CT molecular complexity index is 1190. The number of hydrogen-bond donors (Lipinski definition) is 4. The smallest absolute Gasteiger partial charge is 0.315 e. The van der Waals surface area contributed by atoms with Gasteiger partial charge in [-0.05, 0) is 62.7 Å². The minimum Gasteiger partial charge on any atom is -0.363 e. The van der Waals surface area contributed by atoms with Gasteiger partial charge in [0.25, 0.3) is 5.91 Å². The fourth-order valence-electron chi connectivity index (χ4n) is 6.24. The molecule has 2 saturated heterocycles. The maximum Gasteiger partial charge on any atom is 0.315 e. The lowest BCUT2D eigenvalue weighted by Crippen LogP contribution is -2.63. The number of carbonyl (C=O) groups excluding carboxylic acids is 5. The highest BCUT2D eigenvalue weighted by atomic mass is 32.2. The molecule has 2 aliphatic heterocycles. The first-order valence-corrected chi connectivity index (χ1v) is 17.2. The summed E-state index contributed by atoms with van der Waals surface area (Å²) >= 11 is 0. The van der Waals surface area contributed by atoms with E-state index in [0.717, 1.165) is 19.3 Å². The van der Waals surface area contributed by atoms with E-state index < -0.39 is 63.1 Å². The average molecular weight is 625 g/mol. The number of ketones is 1. The van der Waals surface area contributed by atoms with Crippen molar-refractivity contribution in [3.8, 4) is 0 Å². The third-order valence-electron chi connectivity index (χ3n) is 9.17. The van der Waals surface area contributed by atoms with Crippen molar-refractivity contribution in [3.05, 3.63) is 0 Å². The maximum absolute atomic E-state index is 14.0. The van der Waals surface area contributed by atoms with Crippen LogP contribution in [0, 0.1) is 11.3 Å². The molecule has 4 aliphatic rings. The molecule has 4 rings (SSSR count). The summed E-state index contributed by atoms with van der Waals surface area (Å²) in [4.78, 5) is 66.3. The Morgan fingerprint density at radius 3 is 2.16 bits per heavy atom. The molecule has 2 saturated carbocycles. The van der Waals surface area contributed by atoms with Crippen LogP contribution < -0.4 is 21.7 Å². The summed E-state index contributed by atoms with van der Waals surface area (Å²) in [6.07, 6.45) is 7.57. The molecule has 14 heteroatoms. The third kappa shape index (κ3) is 8.25. The summed E-state index contributed by atoms with van der Waals surface area (Å²) < 4.78 is 26.9. The Balaban J connectivity index is 1.42. The summed E-state index contributed by atoms with van der Waals surface area (Å²) in [5, 5.41) is 8.07. The highest BCUT2D eigenvalue weighted by Crippen LogP contribution is 2.33. The summed E-state index contributed by atoms with van der Waals surface area (Å²) in [5.41, 5.74) is 4.55. The second-order valence-electron chi connectivity index (χ2n) is 13.7. The number of carbonyl (C=O) groups is 5. The molecule has 0 radical (unpaired) electrons. The van der Waals surface area contributed by atoms with Crippen molar-refractivity contribution < 1.29 is 32.4 Å². The quantitative estimate of drug-likeness (QED) is 0.244. The van der Waals surface area contributed by atoms with Crippen LogP contribution in [0.2, 0.25) is 0 Å². The van der Waals surface area contributed by atoms with E-state index in [1.54, 1.807) is 0 Å². The molecule has 0 aromatic carbocycles. The molecule has 4 unspecified atom stereocenters. The fraction of sp³-hybridized carbons (Fsp3) is 0.828. The van der Waals surface area contributed by atoms with Crippen LogP contribution in [-0.4, -0.2) is 96.2 Å². The Morgan fingerprint density at radius 1 is 0.884 bits per heavy atom. The maximum atomic E-state index is 14.0. The minimum atomic E-state index is -3.35. The van der Waals surface area contributed by atoms with Crippen LogP contribution in [0.25, 0.3) is 0 Å². The highest BCUT2D eigenvalue weighted by Gasteiger charge is 2.44. The minimum absolute atomic E-state index is 0.195. The largest absolute Gasteiger partial charge is 0.363 e. The van der Waals surface area contributed by atoms with Gasteiger partial charge in [-0.1, -0.05) is 40.0 Å². The van der Waals surface area contributed by atoms with Gasteiger partial charge in [-0.15, -0.1) is 0 Å². The number of nitrogens with two attached hydrogens (primary N) is 1. The molecule has 4 fully saturated rings. The van der Waals surface area contributed by atoms with Gasteiger partial charge in [0.1, 0.15) is 12.1 Å². The topological polar surface area (TPSA) is 188 Å². The van der Waals surface area contributed by atoms with E-state index in [9.17, 15) is 32.4 Å². The number of nitrogens with one attached hydrogen (secondary N) is 3. The van der Waals surface area contributed by atoms with Crippen LogP contribution in [0.1, 0.15) is 91.4 Å². The first kappa shape index (κ1) is 33.2. The van der Waals surface area contributed by atoms with Crippen molar-refractivity contribution in [3.63, 3.8) is 0 Å². The number of primary amides is 1. The SMILES string of the molecule is CC(C)(C)C(NC(=O)NC1CCCN(S(=O)(=O)C2CC2)C1)C(=O)N1CCCCC1C(=O)NC(CC1CCC1)C(=O)C(N)=O. The first-order valence-electron chi connectivity index (χ1n) is 15.7. The zero-order chi connectivity index (χ0) is 31.5. The second-order valence-corrected chi connectivity index (χ2v) is 15.9. The van der Waals surface area contributed by atoms with E-state index in [4.69, 9.17) is 5.73 Å². The predicted octanol–water partition coefficient (Wildman–Crippen LogP) is 0.767. The third-order valence-corrected chi connectivity index (χ3v) is 11.5. The molecule has 0 spiro atoms. The molecular weight excluding hydrogens is 576 g/mol. The molecule has 2 heterocycles. The van der Waals surface area contributed by atoms with E-state index >= 15 is 0 Å². The summed E-state index contributed by atoms with van der Waals surface area (Å²) in [5.74, 6) is -2.64. The number of likely N-dealkylation sites (tertiary alicyclic amines) is 1. The van der Waals surface area contributed by atoms with Crippen molar-refractivity contribution >= 4 is 39.6 Å². The van der Waals surface area contributed by atoms with Gasteiger partial charge in [0.05, 0.1) is 11.3 Å². The van der Waals surface area contributed by atoms with Gasteiger partial charge in [0.15, 0.2) is 0 Å². The van der Waals surface area contributed by atoms with Crippen molar-refractivity contribution in [2.24, 2.45) is 17.1 Å². The van der Waals surface area contributed by atoms with Crippen LogP contribution >= 0.6 is 0 Å². The van der Waals surface area contributed by atoms with Crippen LogP contribution in [0.15, 0.2) is 0 Å². The van der Waals surface area contributed by atoms with Gasteiger partial charge < -0.3 is 26.6 Å². The number of piperidine rings is 2. The summed E-state index contributed by atoms with van der Waals surface area (Å²) in [6, 6.07) is -3.83. The molecule has 2 aliphatic carbocycles. The second kappa shape index (κ2) is 13.5. The predicted molar refractivity (Wildman–Crippen MR) is 159 cm³/mol. The van der Waals surface area contributed by atoms with Gasteiger partial charge in [0.2, 0.25) is 27.6 Å². The number of Topliss-reactive ketones (excluding diaryl/α,β-unsaturated/α-hetero) is 1. The average Bonchev–Trinajstić information content (AvgIpc) is 3.78. The molecule has 5 N–H and O–H groups in total. The van der Waals surface area contributed by atoms with E-state index in [-0.39, 0.29) is 23.8 Å². The number of sulfonamides is 1. The molecular formula is C29H48N6O7S. The molecule has 4 atom stereocenters. The summed E-state index contributed by atoms with van der Waals surface area (Å²) in [6.45, 7) is 6.40. The Labute approximate surface area is 254 Å². The summed E-state index contributed by atoms with van der Waals surface area (Å²) in [7, 11) is -3.35. The van der Waals surface area contributed by atoms with Crippen LogP contribution in [-0.2, 0) is 29.2 Å².